The molecule has 2 unspecified atom stereocenters. The van der Waals surface area contributed by atoms with E-state index in [1.54, 1.807) is 12.1 Å². The maximum atomic E-state index is 11.7. The summed E-state index contributed by atoms with van der Waals surface area (Å²) in [4.78, 5) is 32.6. The van der Waals surface area contributed by atoms with Crippen LogP contribution in [0.1, 0.15) is 15.9 Å². The molecule has 2 atom stereocenters. The van der Waals surface area contributed by atoms with Crippen LogP contribution in [0.15, 0.2) is 54.6 Å². The van der Waals surface area contributed by atoms with Crippen LogP contribution >= 0.6 is 0 Å². The van der Waals surface area contributed by atoms with Gasteiger partial charge in [-0.2, -0.15) is 0 Å². The molecule has 2 saturated heterocycles. The number of aromatic carboxylic acids is 1. The quantitative estimate of drug-likeness (QED) is 0.248. The highest BCUT2D eigenvalue weighted by molar-refractivity contribution is 5.90. The van der Waals surface area contributed by atoms with Crippen molar-refractivity contribution in [1.82, 2.24) is 0 Å². The Morgan fingerprint density at radius 1 is 0.931 bits per heavy atom. The summed E-state index contributed by atoms with van der Waals surface area (Å²) in [5, 5.41) is 8.79. The van der Waals surface area contributed by atoms with E-state index in [1.807, 2.05) is 0 Å². The summed E-state index contributed by atoms with van der Waals surface area (Å²) in [5.41, 5.74) is 0.837. The molecule has 0 amide bonds. The first-order valence-electron chi connectivity index (χ1n) is 8.72. The third-order valence-corrected chi connectivity index (χ3v) is 3.93. The van der Waals surface area contributed by atoms with Crippen LogP contribution in [0.5, 0.6) is 11.5 Å². The van der Waals surface area contributed by atoms with Crippen LogP contribution in [0.2, 0.25) is 0 Å². The average molecular weight is 398 g/mol. The zero-order chi connectivity index (χ0) is 20.6. The van der Waals surface area contributed by atoms with Crippen molar-refractivity contribution in [3.63, 3.8) is 0 Å². The van der Waals surface area contributed by atoms with Crippen molar-refractivity contribution < 1.29 is 38.4 Å². The third-order valence-electron chi connectivity index (χ3n) is 3.93. The summed E-state index contributed by atoms with van der Waals surface area (Å²) >= 11 is 0. The Morgan fingerprint density at radius 3 is 1.97 bits per heavy atom. The fraction of sp³-hybridized carbons (Fsp3) is 0.190. The smallest absolute Gasteiger partial charge is 0.336 e. The first-order chi connectivity index (χ1) is 14.0. The topological polar surface area (TPSA) is 115 Å². The van der Waals surface area contributed by atoms with Gasteiger partial charge in [0.1, 0.15) is 23.7 Å². The standard InChI is InChI=1S/C17H12O6.C4H6O2/c18-11-22-14-6-8-15(9-7-14)23-16(19)10-3-12-1-4-13(5-2-12)17(20)21;1-3(5-1)4-2-6-4/h1-11H,(H,20,21);3-4H,1-2H2. The van der Waals surface area contributed by atoms with Gasteiger partial charge >= 0.3 is 11.9 Å². The summed E-state index contributed by atoms with van der Waals surface area (Å²) in [6, 6.07) is 12.0. The Morgan fingerprint density at radius 2 is 1.48 bits per heavy atom. The number of rotatable bonds is 7. The molecule has 1 N–H and O–H groups in total. The van der Waals surface area contributed by atoms with Gasteiger partial charge in [-0.25, -0.2) is 9.59 Å². The molecule has 2 aliphatic heterocycles. The first-order valence-corrected chi connectivity index (χ1v) is 8.72. The number of carbonyl (C=O) groups excluding carboxylic acids is 2. The fourth-order valence-electron chi connectivity index (χ4n) is 2.23. The molecule has 0 bridgehead atoms. The lowest BCUT2D eigenvalue weighted by atomic mass is 10.1. The number of hydrogen-bond donors (Lipinski definition) is 1. The van der Waals surface area contributed by atoms with Crippen LogP contribution in [-0.4, -0.2) is 48.9 Å². The van der Waals surface area contributed by atoms with Gasteiger partial charge < -0.3 is 24.1 Å². The van der Waals surface area contributed by atoms with Gasteiger partial charge in [0.15, 0.2) is 0 Å². The molecule has 0 aromatic heterocycles. The van der Waals surface area contributed by atoms with Crippen molar-refractivity contribution in [2.45, 2.75) is 12.2 Å². The van der Waals surface area contributed by atoms with E-state index in [0.717, 1.165) is 13.2 Å². The maximum absolute atomic E-state index is 11.7. The van der Waals surface area contributed by atoms with E-state index in [1.165, 1.54) is 48.6 Å². The van der Waals surface area contributed by atoms with Crippen LogP contribution < -0.4 is 9.47 Å². The van der Waals surface area contributed by atoms with Gasteiger partial charge in [-0.1, -0.05) is 12.1 Å². The Hall–Kier alpha value is -3.49. The van der Waals surface area contributed by atoms with Crippen molar-refractivity contribution in [3.05, 3.63) is 65.7 Å². The third kappa shape index (κ3) is 6.87. The SMILES string of the molecule is C1OC1C1CO1.O=COc1ccc(OC(=O)C=Cc2ccc(C(=O)O)cc2)cc1. The van der Waals surface area contributed by atoms with E-state index in [9.17, 15) is 14.4 Å². The van der Waals surface area contributed by atoms with Gasteiger partial charge in [-0.05, 0) is 48.0 Å². The van der Waals surface area contributed by atoms with Gasteiger partial charge in [-0.3, -0.25) is 4.79 Å². The van der Waals surface area contributed by atoms with E-state index in [4.69, 9.17) is 19.3 Å². The number of carbonyl (C=O) groups is 3. The fourth-order valence-corrected chi connectivity index (χ4v) is 2.23. The summed E-state index contributed by atoms with van der Waals surface area (Å²) in [7, 11) is 0. The normalized spacial score (nSPS) is 18.9. The second-order valence-electron chi connectivity index (χ2n) is 6.11. The van der Waals surface area contributed by atoms with Crippen molar-refractivity contribution in [1.29, 1.82) is 0 Å². The molecule has 0 radical (unpaired) electrons. The highest BCUT2D eigenvalue weighted by Gasteiger charge is 2.41. The van der Waals surface area contributed by atoms with Crippen LogP contribution in [-0.2, 0) is 19.1 Å². The monoisotopic (exact) mass is 398 g/mol. The molecule has 2 fully saturated rings. The molecular weight excluding hydrogens is 380 g/mol. The van der Waals surface area contributed by atoms with Crippen LogP contribution in [0.25, 0.3) is 6.08 Å². The molecule has 8 nitrogen and oxygen atoms in total. The molecule has 0 spiro atoms. The number of esters is 1. The second-order valence-corrected chi connectivity index (χ2v) is 6.11. The Balaban J connectivity index is 0.000000334. The van der Waals surface area contributed by atoms with Crippen molar-refractivity contribution >= 4 is 24.5 Å². The molecule has 2 aliphatic rings. The lowest BCUT2D eigenvalue weighted by Crippen LogP contribution is -2.03. The summed E-state index contributed by atoms with van der Waals surface area (Å²) in [6.07, 6.45) is 3.72. The van der Waals surface area contributed by atoms with E-state index in [-0.39, 0.29) is 5.56 Å². The number of carboxylic acid groups (broad SMARTS) is 1. The zero-order valence-corrected chi connectivity index (χ0v) is 15.2. The van der Waals surface area contributed by atoms with Gasteiger partial charge in [-0.15, -0.1) is 0 Å². The molecule has 2 aromatic carbocycles. The van der Waals surface area contributed by atoms with E-state index < -0.39 is 11.9 Å². The van der Waals surface area contributed by atoms with Crippen molar-refractivity contribution in [3.8, 4) is 11.5 Å². The minimum Gasteiger partial charge on any atom is -0.478 e. The minimum atomic E-state index is -1.01. The van der Waals surface area contributed by atoms with Crippen molar-refractivity contribution in [2.24, 2.45) is 0 Å². The Kier molecular flexibility index (Phi) is 6.72. The van der Waals surface area contributed by atoms with Gasteiger partial charge in [0.2, 0.25) is 0 Å². The molecule has 4 rings (SSSR count). The molecule has 150 valence electrons. The van der Waals surface area contributed by atoms with Crippen LogP contribution in [0, 0.1) is 0 Å². The average Bonchev–Trinajstić information content (AvgIpc) is 3.60. The second kappa shape index (κ2) is 9.63. The summed E-state index contributed by atoms with van der Waals surface area (Å²) in [6.45, 7) is 2.18. The summed E-state index contributed by atoms with van der Waals surface area (Å²) in [5.74, 6) is -0.953. The van der Waals surface area contributed by atoms with Gasteiger partial charge in [0.25, 0.3) is 6.47 Å². The number of benzene rings is 2. The number of epoxide rings is 2. The van der Waals surface area contributed by atoms with E-state index in [0.29, 0.717) is 35.7 Å². The first kappa shape index (κ1) is 20.2. The van der Waals surface area contributed by atoms with Crippen LogP contribution in [0.3, 0.4) is 0 Å². The van der Waals surface area contributed by atoms with Gasteiger partial charge in [0.05, 0.1) is 18.8 Å². The highest BCUT2D eigenvalue weighted by Crippen LogP contribution is 2.25. The molecule has 0 aliphatic carbocycles. The van der Waals surface area contributed by atoms with Gasteiger partial charge in [0, 0.05) is 6.08 Å². The van der Waals surface area contributed by atoms with E-state index in [2.05, 4.69) is 4.74 Å². The molecule has 2 heterocycles. The number of ether oxygens (including phenoxy) is 4. The predicted molar refractivity (Wildman–Crippen MR) is 101 cm³/mol. The Bertz CT molecular complexity index is 868. The largest absolute Gasteiger partial charge is 0.478 e. The lowest BCUT2D eigenvalue weighted by Gasteiger charge is -2.02. The minimum absolute atomic E-state index is 0.169. The summed E-state index contributed by atoms with van der Waals surface area (Å²) < 4.78 is 19.5. The predicted octanol–water partition coefficient (Wildman–Crippen LogP) is 2.32. The van der Waals surface area contributed by atoms with Crippen LogP contribution in [0.4, 0.5) is 0 Å². The molecule has 29 heavy (non-hydrogen) atoms. The highest BCUT2D eigenvalue weighted by atomic mass is 16.6. The van der Waals surface area contributed by atoms with Crippen molar-refractivity contribution in [2.75, 3.05) is 13.2 Å². The molecule has 8 heteroatoms. The lowest BCUT2D eigenvalue weighted by molar-refractivity contribution is -0.129. The molecule has 2 aromatic rings. The Labute approximate surface area is 166 Å². The number of hydrogen-bond acceptors (Lipinski definition) is 7. The zero-order valence-electron chi connectivity index (χ0n) is 15.2. The van der Waals surface area contributed by atoms with E-state index >= 15 is 0 Å². The molecule has 0 saturated carbocycles. The molecular formula is C21H18O8. The number of carboxylic acids is 1. The maximum Gasteiger partial charge on any atom is 0.336 e.